The fourth-order valence-corrected chi connectivity index (χ4v) is 4.57. The molecule has 10 heteroatoms. The predicted octanol–water partition coefficient (Wildman–Crippen LogP) is 5.03. The number of ether oxygens (including phenoxy) is 1. The summed E-state index contributed by atoms with van der Waals surface area (Å²) in [5, 5.41) is 17.9. The summed E-state index contributed by atoms with van der Waals surface area (Å²) in [6.07, 6.45) is -3.77. The van der Waals surface area contributed by atoms with Gasteiger partial charge in [-0.25, -0.2) is 0 Å². The van der Waals surface area contributed by atoms with Gasteiger partial charge in [0.1, 0.15) is 6.04 Å². The van der Waals surface area contributed by atoms with Gasteiger partial charge in [-0.1, -0.05) is 44.2 Å². The van der Waals surface area contributed by atoms with E-state index in [1.54, 1.807) is 18.2 Å². The van der Waals surface area contributed by atoms with Crippen LogP contribution in [0.25, 0.3) is 0 Å². The first-order valence-corrected chi connectivity index (χ1v) is 13.4. The quantitative estimate of drug-likeness (QED) is 0.327. The zero-order chi connectivity index (χ0) is 28.3. The number of nitrogens with zero attached hydrogens (tertiary/aromatic N) is 2. The van der Waals surface area contributed by atoms with Gasteiger partial charge >= 0.3 is 6.18 Å². The number of alkyl halides is 3. The highest BCUT2D eigenvalue weighted by Crippen LogP contribution is 2.33. The number of halogens is 3. The third-order valence-electron chi connectivity index (χ3n) is 6.60. The Morgan fingerprint density at radius 1 is 1.08 bits per heavy atom. The largest absolute Gasteiger partial charge is 0.407 e. The molecule has 1 aliphatic heterocycles. The van der Waals surface area contributed by atoms with Crippen LogP contribution in [0.2, 0.25) is 0 Å². The second kappa shape index (κ2) is 14.8. The molecule has 2 aromatic rings. The van der Waals surface area contributed by atoms with Crippen LogP contribution < -0.4 is 20.9 Å². The van der Waals surface area contributed by atoms with Gasteiger partial charge in [-0.05, 0) is 48.6 Å². The molecule has 39 heavy (non-hydrogen) atoms. The second-order valence-electron chi connectivity index (χ2n) is 10.2. The number of carbonyl (C=O) groups is 1. The Labute approximate surface area is 228 Å². The van der Waals surface area contributed by atoms with Crippen LogP contribution in [0.1, 0.15) is 44.7 Å². The van der Waals surface area contributed by atoms with Gasteiger partial charge in [0.25, 0.3) is 0 Å². The highest BCUT2D eigenvalue weighted by Gasteiger charge is 2.43. The molecule has 3 atom stereocenters. The van der Waals surface area contributed by atoms with Crippen molar-refractivity contribution < 1.29 is 22.7 Å². The van der Waals surface area contributed by atoms with Crippen LogP contribution in [0.5, 0.6) is 0 Å². The number of rotatable bonds is 13. The average Bonchev–Trinajstić information content (AvgIpc) is 2.92. The standard InChI is InChI=1S/C29H38F3N5O2/c1-21(2)19-26(36-27(29(30,31)32)22-7-4-3-5-8-22)28(38)35-24(9-6-14-33)20-34-23-10-12-25(13-11-23)37-15-17-39-18-16-37/h3-5,7-8,10-13,21,24,26-27,34,36H,6,9,15-20H2,1-2H3,(H,35,38)/t24-,26-,27-/m0/s1. The van der Waals surface area contributed by atoms with Gasteiger partial charge in [0, 0.05) is 43.5 Å². The minimum atomic E-state index is -4.58. The number of nitrogens with one attached hydrogen (secondary N) is 3. The molecule has 1 aliphatic rings. The number of benzene rings is 2. The highest BCUT2D eigenvalue weighted by molar-refractivity contribution is 5.82. The molecule has 7 nitrogen and oxygen atoms in total. The molecule has 0 aromatic heterocycles. The van der Waals surface area contributed by atoms with Crippen molar-refractivity contribution in [1.82, 2.24) is 10.6 Å². The second-order valence-corrected chi connectivity index (χ2v) is 10.2. The maximum Gasteiger partial charge on any atom is 0.407 e. The van der Waals surface area contributed by atoms with Crippen molar-refractivity contribution in [2.24, 2.45) is 5.92 Å². The van der Waals surface area contributed by atoms with Gasteiger partial charge < -0.3 is 20.3 Å². The molecule has 0 unspecified atom stereocenters. The Morgan fingerprint density at radius 2 is 1.74 bits per heavy atom. The molecule has 0 spiro atoms. The number of hydrogen-bond donors (Lipinski definition) is 3. The van der Waals surface area contributed by atoms with Crippen LogP contribution in [-0.4, -0.2) is 57.0 Å². The molecule has 3 rings (SSSR count). The molecule has 0 saturated carbocycles. The van der Waals surface area contributed by atoms with Crippen LogP contribution >= 0.6 is 0 Å². The van der Waals surface area contributed by atoms with Crippen LogP contribution in [0, 0.1) is 17.2 Å². The minimum absolute atomic E-state index is 0.0152. The predicted molar refractivity (Wildman–Crippen MR) is 146 cm³/mol. The van der Waals surface area contributed by atoms with E-state index in [2.05, 4.69) is 26.9 Å². The maximum atomic E-state index is 14.0. The molecule has 0 aliphatic carbocycles. The van der Waals surface area contributed by atoms with Crippen molar-refractivity contribution in [2.75, 3.05) is 43.1 Å². The summed E-state index contributed by atoms with van der Waals surface area (Å²) in [4.78, 5) is 15.6. The summed E-state index contributed by atoms with van der Waals surface area (Å²) in [7, 11) is 0. The molecule has 1 saturated heterocycles. The third-order valence-corrected chi connectivity index (χ3v) is 6.60. The molecule has 3 N–H and O–H groups in total. The lowest BCUT2D eigenvalue weighted by atomic mass is 9.99. The van der Waals surface area contributed by atoms with Crippen molar-refractivity contribution in [2.45, 2.75) is 57.4 Å². The topological polar surface area (TPSA) is 89.4 Å². The van der Waals surface area contributed by atoms with E-state index in [0.29, 0.717) is 26.2 Å². The third kappa shape index (κ3) is 9.75. The van der Waals surface area contributed by atoms with Crippen molar-refractivity contribution in [3.63, 3.8) is 0 Å². The Hall–Kier alpha value is -3.29. The molecule has 1 fully saturated rings. The number of hydrogen-bond acceptors (Lipinski definition) is 6. The van der Waals surface area contributed by atoms with E-state index in [1.807, 2.05) is 38.1 Å². The van der Waals surface area contributed by atoms with Crippen LogP contribution in [0.15, 0.2) is 54.6 Å². The smallest absolute Gasteiger partial charge is 0.383 e. The number of anilines is 2. The molecule has 1 amide bonds. The first-order valence-electron chi connectivity index (χ1n) is 13.4. The average molecular weight is 546 g/mol. The van der Waals surface area contributed by atoms with Crippen molar-refractivity contribution in [1.29, 1.82) is 5.26 Å². The lowest BCUT2D eigenvalue weighted by Gasteiger charge is -2.30. The van der Waals surface area contributed by atoms with E-state index in [4.69, 9.17) is 10.00 Å². The number of amides is 1. The van der Waals surface area contributed by atoms with Gasteiger partial charge in [-0.15, -0.1) is 0 Å². The molecule has 0 bridgehead atoms. The van der Waals surface area contributed by atoms with Gasteiger partial charge in [0.05, 0.1) is 25.3 Å². The van der Waals surface area contributed by atoms with Gasteiger partial charge in [-0.2, -0.15) is 18.4 Å². The zero-order valence-electron chi connectivity index (χ0n) is 22.5. The fraction of sp³-hybridized carbons (Fsp3) is 0.517. The number of carbonyl (C=O) groups excluding carboxylic acids is 1. The van der Waals surface area contributed by atoms with E-state index < -0.39 is 30.2 Å². The van der Waals surface area contributed by atoms with Crippen molar-refractivity contribution >= 4 is 17.3 Å². The summed E-state index contributed by atoms with van der Waals surface area (Å²) in [5.74, 6) is -0.528. The van der Waals surface area contributed by atoms with Crippen molar-refractivity contribution in [3.05, 3.63) is 60.2 Å². The molecule has 2 aromatic carbocycles. The summed E-state index contributed by atoms with van der Waals surface area (Å²) in [6, 6.07) is 14.1. The normalized spacial score (nSPS) is 16.3. The van der Waals surface area contributed by atoms with Crippen LogP contribution in [0.3, 0.4) is 0 Å². The molecule has 1 heterocycles. The Kier molecular flexibility index (Phi) is 11.4. The molecule has 212 valence electrons. The molecule has 0 radical (unpaired) electrons. The summed E-state index contributed by atoms with van der Waals surface area (Å²) < 4.78 is 47.4. The first-order chi connectivity index (χ1) is 18.7. The van der Waals surface area contributed by atoms with E-state index >= 15 is 0 Å². The Balaban J connectivity index is 1.67. The Bertz CT molecular complexity index is 1050. The van der Waals surface area contributed by atoms with E-state index in [1.165, 1.54) is 12.1 Å². The van der Waals surface area contributed by atoms with E-state index in [0.717, 1.165) is 24.5 Å². The number of nitriles is 1. The van der Waals surface area contributed by atoms with Crippen molar-refractivity contribution in [3.8, 4) is 6.07 Å². The van der Waals surface area contributed by atoms with E-state index in [9.17, 15) is 18.0 Å². The SMILES string of the molecule is CC(C)C[C@H](N[C@@H](c1ccccc1)C(F)(F)F)C(=O)N[C@@H](CCC#N)CNc1ccc(N2CCOCC2)cc1. The lowest BCUT2D eigenvalue weighted by molar-refractivity contribution is -0.161. The summed E-state index contributed by atoms with van der Waals surface area (Å²) >= 11 is 0. The fourth-order valence-electron chi connectivity index (χ4n) is 4.57. The van der Waals surface area contributed by atoms with Gasteiger partial charge in [0.2, 0.25) is 5.91 Å². The maximum absolute atomic E-state index is 14.0. The summed E-state index contributed by atoms with van der Waals surface area (Å²) in [5.41, 5.74) is 1.99. The minimum Gasteiger partial charge on any atom is -0.383 e. The Morgan fingerprint density at radius 3 is 2.33 bits per heavy atom. The van der Waals surface area contributed by atoms with Crippen LogP contribution in [0.4, 0.5) is 24.5 Å². The molecular formula is C29H38F3N5O2. The van der Waals surface area contributed by atoms with Gasteiger partial charge in [-0.3, -0.25) is 10.1 Å². The van der Waals surface area contributed by atoms with E-state index in [-0.39, 0.29) is 24.3 Å². The van der Waals surface area contributed by atoms with Crippen LogP contribution in [-0.2, 0) is 9.53 Å². The van der Waals surface area contributed by atoms with Gasteiger partial charge in [0.15, 0.2) is 0 Å². The summed E-state index contributed by atoms with van der Waals surface area (Å²) in [6.45, 7) is 7.12. The monoisotopic (exact) mass is 545 g/mol. The molecular weight excluding hydrogens is 507 g/mol. The highest BCUT2D eigenvalue weighted by atomic mass is 19.4. The lowest BCUT2D eigenvalue weighted by Crippen LogP contribution is -2.52. The first kappa shape index (κ1) is 30.3. The number of morpholine rings is 1. The zero-order valence-corrected chi connectivity index (χ0v) is 22.5.